The van der Waals surface area contributed by atoms with Crippen molar-refractivity contribution >= 4 is 23.2 Å². The third-order valence-corrected chi connectivity index (χ3v) is 6.26. The third-order valence-electron chi connectivity index (χ3n) is 6.26. The van der Waals surface area contributed by atoms with Crippen molar-refractivity contribution < 1.29 is 9.59 Å². The number of piperazine rings is 1. The highest BCUT2D eigenvalue weighted by Gasteiger charge is 2.27. The number of nitrogens with zero attached hydrogens (tertiary/aromatic N) is 5. The van der Waals surface area contributed by atoms with Crippen molar-refractivity contribution in [1.29, 1.82) is 0 Å². The average molecular weight is 444 g/mol. The largest absolute Gasteiger partial charge is 0.368 e. The monoisotopic (exact) mass is 443 g/mol. The first-order valence-corrected chi connectivity index (χ1v) is 11.2. The van der Waals surface area contributed by atoms with Gasteiger partial charge in [-0.25, -0.2) is 4.68 Å². The van der Waals surface area contributed by atoms with Crippen LogP contribution in [0.5, 0.6) is 0 Å². The maximum atomic E-state index is 13.1. The van der Waals surface area contributed by atoms with Crippen molar-refractivity contribution in [2.24, 2.45) is 0 Å². The first-order chi connectivity index (χ1) is 16.1. The average Bonchev–Trinajstić information content (AvgIpc) is 3.30. The fraction of sp³-hybridized carbons (Fsp3) is 0.280. The number of para-hydroxylation sites is 2. The van der Waals surface area contributed by atoms with E-state index in [2.05, 4.69) is 22.1 Å². The summed E-state index contributed by atoms with van der Waals surface area (Å²) in [6.07, 6.45) is 0.787. The van der Waals surface area contributed by atoms with Crippen LogP contribution in [0.25, 0.3) is 0 Å². The topological polar surface area (TPSA) is 78.8 Å². The second-order valence-electron chi connectivity index (χ2n) is 8.25. The van der Waals surface area contributed by atoms with Crippen LogP contribution in [0.4, 0.5) is 11.4 Å². The molecular formula is C25H25N5O3. The molecule has 0 spiro atoms. The molecule has 3 aromatic rings. The highest BCUT2D eigenvalue weighted by molar-refractivity contribution is 6.05. The summed E-state index contributed by atoms with van der Waals surface area (Å²) in [5.41, 5.74) is 2.88. The third kappa shape index (κ3) is 4.24. The molecule has 2 aliphatic rings. The fourth-order valence-electron chi connectivity index (χ4n) is 4.44. The summed E-state index contributed by atoms with van der Waals surface area (Å²) in [4.78, 5) is 44.0. The lowest BCUT2D eigenvalue weighted by molar-refractivity contribution is -0.132. The van der Waals surface area contributed by atoms with Gasteiger partial charge in [-0.2, -0.15) is 5.10 Å². The van der Waals surface area contributed by atoms with Gasteiger partial charge in [-0.1, -0.05) is 36.4 Å². The summed E-state index contributed by atoms with van der Waals surface area (Å²) in [6, 6.07) is 20.6. The molecule has 0 saturated carbocycles. The van der Waals surface area contributed by atoms with Crippen LogP contribution in [0.3, 0.4) is 0 Å². The van der Waals surface area contributed by atoms with Gasteiger partial charge in [0.25, 0.3) is 11.5 Å². The standard InChI is InChI=1S/C25H25N5O3/c31-23-11-10-21(25(33)29-13-12-19-6-4-5-9-22(19)29)26-30(23)18-24(32)28-16-14-27(15-17-28)20-7-2-1-3-8-20/h1-11H,12-18H2. The molecule has 0 N–H and O–H groups in total. The molecule has 1 saturated heterocycles. The summed E-state index contributed by atoms with van der Waals surface area (Å²) in [5.74, 6) is -0.439. The van der Waals surface area contributed by atoms with E-state index in [-0.39, 0.29) is 24.1 Å². The number of hydrogen-bond acceptors (Lipinski definition) is 5. The minimum Gasteiger partial charge on any atom is -0.368 e. The zero-order chi connectivity index (χ0) is 22.8. The van der Waals surface area contributed by atoms with Gasteiger partial charge in [-0.3, -0.25) is 14.4 Å². The Labute approximate surface area is 191 Å². The Morgan fingerprint density at radius 3 is 2.33 bits per heavy atom. The van der Waals surface area contributed by atoms with Crippen LogP contribution in [0, 0.1) is 0 Å². The quantitative estimate of drug-likeness (QED) is 0.615. The van der Waals surface area contributed by atoms with Gasteiger partial charge in [0.2, 0.25) is 5.91 Å². The smallest absolute Gasteiger partial charge is 0.278 e. The fourth-order valence-corrected chi connectivity index (χ4v) is 4.44. The second-order valence-corrected chi connectivity index (χ2v) is 8.25. The molecule has 3 heterocycles. The number of hydrogen-bond donors (Lipinski definition) is 0. The van der Waals surface area contributed by atoms with Gasteiger partial charge in [-0.05, 0) is 36.2 Å². The first kappa shape index (κ1) is 20.9. The maximum Gasteiger partial charge on any atom is 0.278 e. The van der Waals surface area contributed by atoms with E-state index in [0.29, 0.717) is 19.6 Å². The Bertz CT molecular complexity index is 1230. The van der Waals surface area contributed by atoms with Crippen molar-refractivity contribution in [2.75, 3.05) is 42.5 Å². The van der Waals surface area contributed by atoms with Gasteiger partial charge in [-0.15, -0.1) is 0 Å². The summed E-state index contributed by atoms with van der Waals surface area (Å²) in [6.45, 7) is 3.00. The highest BCUT2D eigenvalue weighted by atomic mass is 16.2. The minimum atomic E-state index is -0.398. The van der Waals surface area contributed by atoms with E-state index in [4.69, 9.17) is 0 Å². The number of aromatic nitrogens is 2. The summed E-state index contributed by atoms with van der Waals surface area (Å²) < 4.78 is 1.10. The lowest BCUT2D eigenvalue weighted by Crippen LogP contribution is -2.50. The zero-order valence-corrected chi connectivity index (χ0v) is 18.3. The van der Waals surface area contributed by atoms with E-state index in [9.17, 15) is 14.4 Å². The molecule has 0 unspecified atom stereocenters. The van der Waals surface area contributed by atoms with Gasteiger partial charge >= 0.3 is 0 Å². The predicted molar refractivity (Wildman–Crippen MR) is 126 cm³/mol. The van der Waals surface area contributed by atoms with Gasteiger partial charge in [0.05, 0.1) is 0 Å². The molecule has 0 radical (unpaired) electrons. The summed E-state index contributed by atoms with van der Waals surface area (Å²) in [5, 5.41) is 4.24. The summed E-state index contributed by atoms with van der Waals surface area (Å²) >= 11 is 0. The highest BCUT2D eigenvalue weighted by Crippen LogP contribution is 2.28. The van der Waals surface area contributed by atoms with Crippen LogP contribution in [0.1, 0.15) is 16.1 Å². The molecule has 8 heteroatoms. The van der Waals surface area contributed by atoms with E-state index >= 15 is 0 Å². The van der Waals surface area contributed by atoms with Crippen LogP contribution >= 0.6 is 0 Å². The number of benzene rings is 2. The Morgan fingerprint density at radius 2 is 1.55 bits per heavy atom. The maximum absolute atomic E-state index is 13.1. The van der Waals surface area contributed by atoms with Crippen LogP contribution < -0.4 is 15.4 Å². The Morgan fingerprint density at radius 1 is 0.818 bits per heavy atom. The molecule has 5 rings (SSSR count). The SMILES string of the molecule is O=C(Cn1nc(C(=O)N2CCc3ccccc32)ccc1=O)N1CCN(c2ccccc2)CC1. The van der Waals surface area contributed by atoms with Gasteiger partial charge in [0, 0.05) is 50.2 Å². The number of carbonyl (C=O) groups is 2. The molecule has 2 amide bonds. The van der Waals surface area contributed by atoms with Crippen LogP contribution in [-0.2, 0) is 17.8 Å². The van der Waals surface area contributed by atoms with Crippen molar-refractivity contribution in [1.82, 2.24) is 14.7 Å². The van der Waals surface area contributed by atoms with Gasteiger partial charge < -0.3 is 14.7 Å². The molecule has 2 aliphatic heterocycles. The predicted octanol–water partition coefficient (Wildman–Crippen LogP) is 1.79. The van der Waals surface area contributed by atoms with Crippen molar-refractivity contribution in [3.8, 4) is 0 Å². The molecule has 8 nitrogen and oxygen atoms in total. The Kier molecular flexibility index (Phi) is 5.64. The van der Waals surface area contributed by atoms with E-state index in [0.717, 1.165) is 41.1 Å². The van der Waals surface area contributed by atoms with Crippen molar-refractivity contribution in [3.05, 3.63) is 88.3 Å². The van der Waals surface area contributed by atoms with Crippen LogP contribution in [0.15, 0.2) is 71.5 Å². The summed E-state index contributed by atoms with van der Waals surface area (Å²) in [7, 11) is 0. The molecule has 0 aliphatic carbocycles. The lowest BCUT2D eigenvalue weighted by atomic mass is 10.2. The molecule has 168 valence electrons. The van der Waals surface area contributed by atoms with Crippen molar-refractivity contribution in [2.45, 2.75) is 13.0 Å². The van der Waals surface area contributed by atoms with E-state index in [1.54, 1.807) is 9.80 Å². The minimum absolute atomic E-state index is 0.160. The lowest BCUT2D eigenvalue weighted by Gasteiger charge is -2.36. The Balaban J connectivity index is 1.26. The Hall–Kier alpha value is -3.94. The van der Waals surface area contributed by atoms with Crippen LogP contribution in [0.2, 0.25) is 0 Å². The molecule has 0 bridgehead atoms. The van der Waals surface area contributed by atoms with E-state index in [1.807, 2.05) is 42.5 Å². The number of anilines is 2. The molecule has 2 aromatic carbocycles. The van der Waals surface area contributed by atoms with E-state index < -0.39 is 5.56 Å². The molecule has 1 fully saturated rings. The second kappa shape index (κ2) is 8.90. The molecular weight excluding hydrogens is 418 g/mol. The molecule has 1 aromatic heterocycles. The van der Waals surface area contributed by atoms with Crippen molar-refractivity contribution in [3.63, 3.8) is 0 Å². The van der Waals surface area contributed by atoms with Crippen LogP contribution in [-0.4, -0.2) is 59.2 Å². The normalized spacial score (nSPS) is 15.5. The number of rotatable bonds is 4. The number of amides is 2. The first-order valence-electron chi connectivity index (χ1n) is 11.2. The van der Waals surface area contributed by atoms with Gasteiger partial charge in [0.1, 0.15) is 12.2 Å². The zero-order valence-electron chi connectivity index (χ0n) is 18.3. The number of fused-ring (bicyclic) bond motifs is 1. The number of carbonyl (C=O) groups excluding carboxylic acids is 2. The van der Waals surface area contributed by atoms with Gasteiger partial charge in [0.15, 0.2) is 0 Å². The molecule has 33 heavy (non-hydrogen) atoms. The van der Waals surface area contributed by atoms with E-state index in [1.165, 1.54) is 12.1 Å². The molecule has 0 atom stereocenters.